The molecule has 2 heterocycles. The minimum atomic E-state index is -0.347. The van der Waals surface area contributed by atoms with Crippen molar-refractivity contribution in [2.24, 2.45) is 0 Å². The number of hydrogen-bond donors (Lipinski definition) is 1. The Hall–Kier alpha value is -2.79. The molecule has 0 saturated heterocycles. The zero-order valence-corrected chi connectivity index (χ0v) is 12.2. The predicted molar refractivity (Wildman–Crippen MR) is 79.7 cm³/mol. The van der Waals surface area contributed by atoms with Gasteiger partial charge in [-0.3, -0.25) is 4.79 Å². The molecule has 1 fully saturated rings. The molecule has 1 saturated carbocycles. The second-order valence-electron chi connectivity index (χ2n) is 5.05. The monoisotopic (exact) mass is 310 g/mol. The Balaban J connectivity index is 1.64. The molecule has 108 valence electrons. The molecule has 3 aromatic rings. The van der Waals surface area contributed by atoms with Crippen molar-refractivity contribution in [1.29, 1.82) is 5.26 Å². The van der Waals surface area contributed by atoms with E-state index in [1.165, 1.54) is 11.3 Å². The molecule has 1 aliphatic carbocycles. The number of para-hydroxylation sites is 1. The van der Waals surface area contributed by atoms with Crippen LogP contribution in [-0.4, -0.2) is 25.7 Å². The Morgan fingerprint density at radius 1 is 1.36 bits per heavy atom. The summed E-state index contributed by atoms with van der Waals surface area (Å²) in [5.74, 6) is 0.884. The molecule has 1 N–H and O–H groups in total. The lowest BCUT2D eigenvalue weighted by Gasteiger charge is -2.03. The van der Waals surface area contributed by atoms with Crippen molar-refractivity contribution < 1.29 is 4.79 Å². The maximum absolute atomic E-state index is 12.3. The van der Waals surface area contributed by atoms with Crippen LogP contribution < -0.4 is 5.32 Å². The average Bonchev–Trinajstić information content (AvgIpc) is 3.15. The molecule has 8 heteroatoms. The highest BCUT2D eigenvalue weighted by molar-refractivity contribution is 7.18. The first-order valence-electron chi connectivity index (χ1n) is 6.79. The summed E-state index contributed by atoms with van der Waals surface area (Å²) in [5, 5.41) is 24.6. The van der Waals surface area contributed by atoms with Crippen molar-refractivity contribution >= 4 is 27.9 Å². The molecule has 1 amide bonds. The van der Waals surface area contributed by atoms with E-state index in [-0.39, 0.29) is 5.91 Å². The molecular weight excluding hydrogens is 300 g/mol. The fraction of sp³-hybridized carbons (Fsp3) is 0.214. The molecule has 0 spiro atoms. The second-order valence-corrected chi connectivity index (χ2v) is 6.00. The number of amides is 1. The minimum Gasteiger partial charge on any atom is -0.319 e. The van der Waals surface area contributed by atoms with Gasteiger partial charge in [-0.25, -0.2) is 0 Å². The van der Waals surface area contributed by atoms with E-state index in [1.54, 1.807) is 28.8 Å². The zero-order valence-electron chi connectivity index (χ0n) is 11.4. The number of benzene rings is 1. The minimum absolute atomic E-state index is 0.305. The van der Waals surface area contributed by atoms with Gasteiger partial charge in [-0.15, -0.1) is 15.3 Å². The van der Waals surface area contributed by atoms with E-state index in [0.29, 0.717) is 27.1 Å². The van der Waals surface area contributed by atoms with E-state index in [1.807, 2.05) is 6.07 Å². The number of nitrogens with one attached hydrogen (secondary N) is 1. The topological polar surface area (TPSA) is 96.0 Å². The fourth-order valence-corrected chi connectivity index (χ4v) is 2.93. The Bertz CT molecular complexity index is 917. The van der Waals surface area contributed by atoms with Crippen LogP contribution in [0.2, 0.25) is 0 Å². The highest BCUT2D eigenvalue weighted by Gasteiger charge is 2.30. The van der Waals surface area contributed by atoms with Gasteiger partial charge in [-0.2, -0.15) is 9.78 Å². The lowest BCUT2D eigenvalue weighted by atomic mass is 10.2. The molecule has 0 aliphatic heterocycles. The number of nitriles is 1. The van der Waals surface area contributed by atoms with E-state index in [9.17, 15) is 4.79 Å². The van der Waals surface area contributed by atoms with Gasteiger partial charge in [0.1, 0.15) is 6.07 Å². The third-order valence-corrected chi connectivity index (χ3v) is 4.34. The van der Waals surface area contributed by atoms with Crippen molar-refractivity contribution in [2.75, 3.05) is 5.32 Å². The van der Waals surface area contributed by atoms with Crippen molar-refractivity contribution in [3.05, 3.63) is 40.7 Å². The van der Waals surface area contributed by atoms with Crippen LogP contribution in [0.1, 0.15) is 39.9 Å². The zero-order chi connectivity index (χ0) is 15.1. The lowest BCUT2D eigenvalue weighted by molar-refractivity contribution is 0.102. The molecule has 4 rings (SSSR count). The number of anilines is 1. The smallest absolute Gasteiger partial charge is 0.286 e. The molecule has 7 nitrogen and oxygen atoms in total. The quantitative estimate of drug-likeness (QED) is 0.800. The van der Waals surface area contributed by atoms with Gasteiger partial charge in [-0.05, 0) is 25.0 Å². The number of hydrogen-bond acceptors (Lipinski definition) is 6. The van der Waals surface area contributed by atoms with Gasteiger partial charge < -0.3 is 5.32 Å². The second kappa shape index (κ2) is 4.89. The Kier molecular flexibility index (Phi) is 2.87. The van der Waals surface area contributed by atoms with Crippen LogP contribution in [0.25, 0.3) is 4.96 Å². The predicted octanol–water partition coefficient (Wildman–Crippen LogP) is 2.19. The molecular formula is C14H10N6OS. The van der Waals surface area contributed by atoms with Crippen molar-refractivity contribution in [2.45, 2.75) is 18.8 Å². The van der Waals surface area contributed by atoms with Crippen LogP contribution in [0.5, 0.6) is 0 Å². The number of rotatable bonds is 3. The highest BCUT2D eigenvalue weighted by atomic mass is 32.1. The highest BCUT2D eigenvalue weighted by Crippen LogP contribution is 2.39. The van der Waals surface area contributed by atoms with E-state index in [0.717, 1.165) is 18.7 Å². The number of fused-ring (bicyclic) bond motifs is 1. The van der Waals surface area contributed by atoms with E-state index >= 15 is 0 Å². The normalized spacial score (nSPS) is 14.0. The maximum Gasteiger partial charge on any atom is 0.286 e. The van der Waals surface area contributed by atoms with Gasteiger partial charge in [0.15, 0.2) is 5.82 Å². The van der Waals surface area contributed by atoms with Crippen molar-refractivity contribution in [3.8, 4) is 6.07 Å². The van der Waals surface area contributed by atoms with Crippen LogP contribution in [0, 0.1) is 11.3 Å². The van der Waals surface area contributed by atoms with E-state index in [2.05, 4.69) is 20.6 Å². The van der Waals surface area contributed by atoms with Gasteiger partial charge in [0, 0.05) is 5.92 Å². The number of nitrogens with zero attached hydrogens (tertiary/aromatic N) is 5. The molecule has 2 aromatic heterocycles. The summed E-state index contributed by atoms with van der Waals surface area (Å²) in [5.41, 5.74) is 0.890. The maximum atomic E-state index is 12.3. The first-order chi connectivity index (χ1) is 10.8. The summed E-state index contributed by atoms with van der Waals surface area (Å²) in [6, 6.07) is 8.90. The molecule has 0 radical (unpaired) electrons. The standard InChI is InChI=1S/C14H10N6OS/c15-7-9-3-1-2-4-10(9)16-12(21)13-19-20-11(8-5-6-8)17-18-14(20)22-13/h1-4,8H,5-6H2,(H,16,21). The SMILES string of the molecule is N#Cc1ccccc1NC(=O)c1nn2c(C3CC3)nnc2s1. The van der Waals surface area contributed by atoms with Gasteiger partial charge in [0.2, 0.25) is 9.97 Å². The fourth-order valence-electron chi connectivity index (χ4n) is 2.19. The number of carbonyl (C=O) groups is 1. The largest absolute Gasteiger partial charge is 0.319 e. The molecule has 0 unspecified atom stereocenters. The first kappa shape index (κ1) is 12.9. The molecule has 0 atom stereocenters. The van der Waals surface area contributed by atoms with E-state index in [4.69, 9.17) is 5.26 Å². The molecule has 0 bridgehead atoms. The lowest BCUT2D eigenvalue weighted by Crippen LogP contribution is -2.13. The third-order valence-electron chi connectivity index (χ3n) is 3.45. The number of carbonyl (C=O) groups excluding carboxylic acids is 1. The van der Waals surface area contributed by atoms with Crippen LogP contribution in [0.15, 0.2) is 24.3 Å². The van der Waals surface area contributed by atoms with Crippen LogP contribution in [0.4, 0.5) is 5.69 Å². The summed E-state index contributed by atoms with van der Waals surface area (Å²) in [6.45, 7) is 0. The van der Waals surface area contributed by atoms with Gasteiger partial charge in [0.25, 0.3) is 5.91 Å². The summed E-state index contributed by atoms with van der Waals surface area (Å²) in [6.07, 6.45) is 2.19. The molecule has 1 aromatic carbocycles. The van der Waals surface area contributed by atoms with Crippen LogP contribution in [-0.2, 0) is 0 Å². The summed E-state index contributed by atoms with van der Waals surface area (Å²) in [4.78, 5) is 12.9. The Morgan fingerprint density at radius 3 is 2.95 bits per heavy atom. The first-order valence-corrected chi connectivity index (χ1v) is 7.60. The Morgan fingerprint density at radius 2 is 2.18 bits per heavy atom. The van der Waals surface area contributed by atoms with Crippen molar-refractivity contribution in [3.63, 3.8) is 0 Å². The Labute approximate surface area is 129 Å². The van der Waals surface area contributed by atoms with Crippen LogP contribution in [0.3, 0.4) is 0 Å². The van der Waals surface area contributed by atoms with E-state index < -0.39 is 0 Å². The van der Waals surface area contributed by atoms with Gasteiger partial charge >= 0.3 is 0 Å². The summed E-state index contributed by atoms with van der Waals surface area (Å²) in [7, 11) is 0. The summed E-state index contributed by atoms with van der Waals surface area (Å²) >= 11 is 1.19. The summed E-state index contributed by atoms with van der Waals surface area (Å²) < 4.78 is 1.65. The van der Waals surface area contributed by atoms with Gasteiger partial charge in [-0.1, -0.05) is 23.5 Å². The van der Waals surface area contributed by atoms with Crippen molar-refractivity contribution in [1.82, 2.24) is 19.8 Å². The third kappa shape index (κ3) is 2.12. The van der Waals surface area contributed by atoms with Gasteiger partial charge in [0.05, 0.1) is 11.3 Å². The molecule has 1 aliphatic rings. The molecule has 22 heavy (non-hydrogen) atoms. The average molecular weight is 310 g/mol. The van der Waals surface area contributed by atoms with Crippen LogP contribution >= 0.6 is 11.3 Å². The number of aromatic nitrogens is 4.